The molecule has 0 aromatic heterocycles. The van der Waals surface area contributed by atoms with Gasteiger partial charge >= 0.3 is 96.0 Å². The van der Waals surface area contributed by atoms with E-state index < -0.39 is 200 Å². The number of esters is 4. The number of aliphatic hydroxyl groups is 1. The van der Waals surface area contributed by atoms with Crippen molar-refractivity contribution in [2.24, 2.45) is 5.41 Å². The number of aliphatic hydroxyl groups excluding tert-OH is 1. The summed E-state index contributed by atoms with van der Waals surface area (Å²) in [6.45, 7) is -21.8. The molecule has 3 atom stereocenters. The van der Waals surface area contributed by atoms with Crippen LogP contribution in [0.2, 0.25) is 0 Å². The number of ether oxygens (including phenoxy) is 12. The van der Waals surface area contributed by atoms with Crippen molar-refractivity contribution in [1.29, 1.82) is 0 Å². The standard InChI is InChI=1S/C41H44F24O17/c1-6-24(67)73-19-31(45,46)36(54,55)77-12-10-11-71-14-28(5,15-72-17-29(42,81-39(60,61)30(43,44)13-66)18-79-37(56,57)32(47,48)20-74-25(68)7-2)16-78-41(64,65)35(53,82-40(62,63)34(51,52)22-76-27(70)9-4)23-80-38(58,59)33(49,50)21-75-26(69)8-3/h6-9,66H,1-4,10-23H2,5H3. The Morgan fingerprint density at radius 3 is 1.07 bits per heavy atom. The third-order valence-corrected chi connectivity index (χ3v) is 9.06. The lowest BCUT2D eigenvalue weighted by Crippen LogP contribution is -2.61. The van der Waals surface area contributed by atoms with Gasteiger partial charge in [0.15, 0.2) is 26.4 Å². The normalized spacial score (nSPS) is 16.0. The van der Waals surface area contributed by atoms with Crippen molar-refractivity contribution in [2.75, 3.05) is 85.9 Å². The van der Waals surface area contributed by atoms with Crippen LogP contribution in [0.25, 0.3) is 0 Å². The molecule has 0 rings (SSSR count). The minimum absolute atomic E-state index is 0.000598. The molecule has 82 heavy (non-hydrogen) atoms. The van der Waals surface area contributed by atoms with E-state index in [2.05, 4.69) is 78.4 Å². The van der Waals surface area contributed by atoms with E-state index in [1.807, 2.05) is 0 Å². The van der Waals surface area contributed by atoms with E-state index in [0.29, 0.717) is 0 Å². The topological polar surface area (TPSA) is 199 Å². The lowest BCUT2D eigenvalue weighted by Gasteiger charge is -2.39. The van der Waals surface area contributed by atoms with Gasteiger partial charge in [0, 0.05) is 36.3 Å². The molecule has 0 aromatic rings. The monoisotopic (exact) mass is 1260 g/mol. The van der Waals surface area contributed by atoms with Crippen LogP contribution in [0.4, 0.5) is 105 Å². The fourth-order valence-electron chi connectivity index (χ4n) is 4.49. The van der Waals surface area contributed by atoms with Crippen molar-refractivity contribution in [3.8, 4) is 0 Å². The summed E-state index contributed by atoms with van der Waals surface area (Å²) in [5, 5.41) is 8.67. The minimum Gasteiger partial charge on any atom is -0.456 e. The summed E-state index contributed by atoms with van der Waals surface area (Å²) < 4.78 is 395. The summed E-state index contributed by atoms with van der Waals surface area (Å²) in [4.78, 5) is 44.5. The summed E-state index contributed by atoms with van der Waals surface area (Å²) in [5.41, 5.74) is -3.12. The first kappa shape index (κ1) is 76.8. The summed E-state index contributed by atoms with van der Waals surface area (Å²) in [6.07, 6.45) is -39.2. The Balaban J connectivity index is 7.51. The Labute approximate surface area is 443 Å². The largest absolute Gasteiger partial charge is 0.456 e. The number of halogens is 24. The highest BCUT2D eigenvalue weighted by molar-refractivity contribution is 5.82. The molecular weight excluding hydrogens is 1220 g/mol. The number of rotatable bonds is 43. The second kappa shape index (κ2) is 29.1. The maximum atomic E-state index is 16.2. The molecule has 0 fully saturated rings. The van der Waals surface area contributed by atoms with Crippen LogP contribution < -0.4 is 0 Å². The van der Waals surface area contributed by atoms with Crippen LogP contribution >= 0.6 is 0 Å². The molecule has 0 amide bonds. The van der Waals surface area contributed by atoms with Crippen molar-refractivity contribution in [3.05, 3.63) is 50.6 Å². The fourth-order valence-corrected chi connectivity index (χ4v) is 4.49. The van der Waals surface area contributed by atoms with Gasteiger partial charge in [0.25, 0.3) is 5.85 Å². The van der Waals surface area contributed by atoms with E-state index >= 15 is 17.6 Å². The third-order valence-electron chi connectivity index (χ3n) is 9.06. The van der Waals surface area contributed by atoms with Gasteiger partial charge in [-0.3, -0.25) is 9.47 Å². The molecule has 0 heterocycles. The van der Waals surface area contributed by atoms with Gasteiger partial charge in [-0.1, -0.05) is 33.2 Å². The first-order valence-corrected chi connectivity index (χ1v) is 21.3. The zero-order valence-electron chi connectivity index (χ0n) is 41.1. The molecular formula is C41H44F24O17. The van der Waals surface area contributed by atoms with E-state index in [1.54, 1.807) is 0 Å². The van der Waals surface area contributed by atoms with Gasteiger partial charge in [0.1, 0.15) is 26.4 Å². The van der Waals surface area contributed by atoms with Crippen LogP contribution in [0.5, 0.6) is 0 Å². The SMILES string of the molecule is C=CC(=O)OCC(F)(F)C(F)(F)OCCCOCC(C)(COCC(F)(COC(F)(F)C(F)(F)COC(=O)C=C)OC(F)(F)C(F)(F)CO)COC(F)(F)C(F)(COC(F)(F)C(F)(F)COC(=O)C=C)OC(F)(F)C(F)(F)COC(=O)C=C. The average Bonchev–Trinajstić information content (AvgIpc) is 3.36. The highest BCUT2D eigenvalue weighted by Crippen LogP contribution is 2.48. The molecule has 0 aliphatic carbocycles. The molecule has 0 saturated carbocycles. The first-order chi connectivity index (χ1) is 36.8. The van der Waals surface area contributed by atoms with Crippen LogP contribution in [-0.4, -0.2) is 193 Å². The molecule has 0 bridgehead atoms. The van der Waals surface area contributed by atoms with Gasteiger partial charge in [0.05, 0.1) is 26.4 Å². The molecule has 478 valence electrons. The molecule has 41 heteroatoms. The number of hydrogen-bond donors (Lipinski definition) is 1. The second-order valence-electron chi connectivity index (χ2n) is 16.3. The summed E-state index contributed by atoms with van der Waals surface area (Å²) >= 11 is 0. The minimum atomic E-state index is -6.96. The maximum absolute atomic E-state index is 16.2. The van der Waals surface area contributed by atoms with Gasteiger partial charge in [-0.25, -0.2) is 23.6 Å². The van der Waals surface area contributed by atoms with Crippen molar-refractivity contribution in [2.45, 2.75) is 91.3 Å². The molecule has 0 aromatic carbocycles. The Morgan fingerprint density at radius 1 is 0.366 bits per heavy atom. The van der Waals surface area contributed by atoms with Crippen LogP contribution in [-0.2, 0) is 76.0 Å². The Bertz CT molecular complexity index is 2150. The lowest BCUT2D eigenvalue weighted by atomic mass is 9.94. The van der Waals surface area contributed by atoms with E-state index in [1.165, 1.54) is 0 Å². The number of alkyl halides is 24. The Hall–Kier alpha value is -5.20. The summed E-state index contributed by atoms with van der Waals surface area (Å²) in [7, 11) is 0. The predicted molar refractivity (Wildman–Crippen MR) is 214 cm³/mol. The van der Waals surface area contributed by atoms with Crippen molar-refractivity contribution >= 4 is 23.9 Å². The number of carbonyl (C=O) groups is 4. The molecule has 0 aliphatic heterocycles. The van der Waals surface area contributed by atoms with E-state index in [-0.39, 0.29) is 31.2 Å². The fraction of sp³-hybridized carbons (Fsp3) is 0.707. The number of hydrogen-bond acceptors (Lipinski definition) is 17. The molecule has 3 unspecified atom stereocenters. The predicted octanol–water partition coefficient (Wildman–Crippen LogP) is 8.49. The average molecular weight is 1260 g/mol. The van der Waals surface area contributed by atoms with Crippen LogP contribution in [0.1, 0.15) is 13.3 Å². The van der Waals surface area contributed by atoms with E-state index in [4.69, 9.17) is 9.84 Å². The first-order valence-electron chi connectivity index (χ1n) is 21.3. The Morgan fingerprint density at radius 2 is 0.695 bits per heavy atom. The maximum Gasteiger partial charge on any atom is 0.425 e. The van der Waals surface area contributed by atoms with Crippen molar-refractivity contribution < 1.29 is 186 Å². The molecule has 0 saturated heterocycles. The lowest BCUT2D eigenvalue weighted by molar-refractivity contribution is -0.488. The van der Waals surface area contributed by atoms with Crippen LogP contribution in [0, 0.1) is 5.41 Å². The summed E-state index contributed by atoms with van der Waals surface area (Å²) in [5.74, 6) is -48.8. The van der Waals surface area contributed by atoms with E-state index in [0.717, 1.165) is 0 Å². The zero-order valence-corrected chi connectivity index (χ0v) is 41.1. The van der Waals surface area contributed by atoms with Crippen LogP contribution in [0.3, 0.4) is 0 Å². The van der Waals surface area contributed by atoms with Crippen LogP contribution in [0.15, 0.2) is 50.6 Å². The zero-order chi connectivity index (χ0) is 64.5. The number of carbonyl (C=O) groups excluding carboxylic acids is 4. The smallest absolute Gasteiger partial charge is 0.425 e. The second-order valence-corrected chi connectivity index (χ2v) is 16.3. The molecule has 0 spiro atoms. The summed E-state index contributed by atoms with van der Waals surface area (Å²) in [6, 6.07) is 0. The van der Waals surface area contributed by atoms with Gasteiger partial charge in [-0.15, -0.1) is 0 Å². The molecule has 17 nitrogen and oxygen atoms in total. The van der Waals surface area contributed by atoms with Crippen molar-refractivity contribution in [3.63, 3.8) is 0 Å². The highest BCUT2D eigenvalue weighted by atomic mass is 19.4. The highest BCUT2D eigenvalue weighted by Gasteiger charge is 2.72. The molecule has 0 aliphatic rings. The Kier molecular flexibility index (Phi) is 27.2. The van der Waals surface area contributed by atoms with Gasteiger partial charge in [0.2, 0.25) is 0 Å². The van der Waals surface area contributed by atoms with Gasteiger partial charge in [-0.2, -0.15) is 101 Å². The van der Waals surface area contributed by atoms with Crippen molar-refractivity contribution in [1.82, 2.24) is 0 Å². The van der Waals surface area contributed by atoms with Gasteiger partial charge in [-0.05, 0) is 6.42 Å². The quantitative estimate of drug-likeness (QED) is 0.0200. The molecule has 0 radical (unpaired) electrons. The van der Waals surface area contributed by atoms with E-state index in [9.17, 15) is 107 Å². The third kappa shape index (κ3) is 22.1. The molecule has 1 N–H and O–H groups in total. The van der Waals surface area contributed by atoms with Gasteiger partial charge < -0.3 is 52.5 Å².